The van der Waals surface area contributed by atoms with Crippen LogP contribution in [-0.2, 0) is 5.75 Å². The van der Waals surface area contributed by atoms with Gasteiger partial charge < -0.3 is 9.73 Å². The molecular weight excluding hydrogens is 414 g/mol. The molecule has 0 fully saturated rings. The lowest BCUT2D eigenvalue weighted by molar-refractivity contribution is 0.581. The van der Waals surface area contributed by atoms with Gasteiger partial charge in [0.1, 0.15) is 0 Å². The van der Waals surface area contributed by atoms with Crippen molar-refractivity contribution < 1.29 is 4.42 Å². The highest BCUT2D eigenvalue weighted by molar-refractivity contribution is 7.98. The number of nitrogens with zero attached hydrogens (tertiary/aromatic N) is 4. The highest BCUT2D eigenvalue weighted by Crippen LogP contribution is 2.30. The Morgan fingerprint density at radius 3 is 2.50 bits per heavy atom. The van der Waals surface area contributed by atoms with Gasteiger partial charge in [-0.3, -0.25) is 4.57 Å². The SMILES string of the molecule is c1ccc(Nc2nnc(SCc3csc(-c4ccco4)n3)n2-c2ccccc2)cc1. The molecule has 0 amide bonds. The number of hydrogen-bond donors (Lipinski definition) is 1. The molecule has 5 aromatic rings. The average molecular weight is 432 g/mol. The first kappa shape index (κ1) is 18.7. The quantitative estimate of drug-likeness (QED) is 0.318. The summed E-state index contributed by atoms with van der Waals surface area (Å²) >= 11 is 3.18. The lowest BCUT2D eigenvalue weighted by Crippen LogP contribution is -2.03. The summed E-state index contributed by atoms with van der Waals surface area (Å²) in [7, 11) is 0. The summed E-state index contributed by atoms with van der Waals surface area (Å²) in [5, 5.41) is 15.9. The van der Waals surface area contributed by atoms with Crippen molar-refractivity contribution in [3.05, 3.63) is 90.1 Å². The predicted molar refractivity (Wildman–Crippen MR) is 120 cm³/mol. The van der Waals surface area contributed by atoms with Crippen LogP contribution in [0, 0.1) is 0 Å². The minimum Gasteiger partial charge on any atom is -0.462 e. The molecule has 0 aliphatic heterocycles. The van der Waals surface area contributed by atoms with Crippen LogP contribution in [-0.4, -0.2) is 19.7 Å². The molecule has 0 unspecified atom stereocenters. The first-order chi connectivity index (χ1) is 14.9. The fourth-order valence-corrected chi connectivity index (χ4v) is 4.67. The maximum atomic E-state index is 5.44. The molecule has 8 heteroatoms. The highest BCUT2D eigenvalue weighted by Gasteiger charge is 2.16. The summed E-state index contributed by atoms with van der Waals surface area (Å²) in [6.07, 6.45) is 1.66. The number of nitrogens with one attached hydrogen (secondary N) is 1. The van der Waals surface area contributed by atoms with Gasteiger partial charge in [-0.05, 0) is 36.4 Å². The van der Waals surface area contributed by atoms with Crippen molar-refractivity contribution in [3.63, 3.8) is 0 Å². The van der Waals surface area contributed by atoms with E-state index in [0.29, 0.717) is 11.7 Å². The van der Waals surface area contributed by atoms with Gasteiger partial charge >= 0.3 is 0 Å². The number of aromatic nitrogens is 4. The number of furan rings is 1. The standard InChI is InChI=1S/C22H17N5OS2/c1-3-8-16(9-4-1)24-21-25-26-22(27(21)18-10-5-2-6-11-18)30-15-17-14-29-20(23-17)19-12-7-13-28-19/h1-14H,15H2,(H,24,25). The number of hydrogen-bond acceptors (Lipinski definition) is 7. The third-order valence-electron chi connectivity index (χ3n) is 4.31. The van der Waals surface area contributed by atoms with Crippen molar-refractivity contribution in [3.8, 4) is 16.5 Å². The molecule has 0 atom stereocenters. The zero-order valence-corrected chi connectivity index (χ0v) is 17.4. The van der Waals surface area contributed by atoms with Gasteiger partial charge in [0, 0.05) is 16.8 Å². The monoisotopic (exact) mass is 431 g/mol. The Morgan fingerprint density at radius 1 is 0.933 bits per heavy atom. The van der Waals surface area contributed by atoms with E-state index in [4.69, 9.17) is 4.42 Å². The number of thioether (sulfide) groups is 1. The van der Waals surface area contributed by atoms with Gasteiger partial charge in [0.2, 0.25) is 5.95 Å². The first-order valence-electron chi connectivity index (χ1n) is 9.31. The largest absolute Gasteiger partial charge is 0.462 e. The molecule has 1 N–H and O–H groups in total. The molecule has 2 aromatic carbocycles. The zero-order chi connectivity index (χ0) is 20.2. The van der Waals surface area contributed by atoms with Gasteiger partial charge in [-0.2, -0.15) is 0 Å². The fourth-order valence-electron chi connectivity index (χ4n) is 2.93. The summed E-state index contributed by atoms with van der Waals surface area (Å²) in [5.41, 5.74) is 2.94. The second-order valence-corrected chi connectivity index (χ2v) is 8.18. The molecule has 0 radical (unpaired) electrons. The van der Waals surface area contributed by atoms with Gasteiger partial charge in [0.25, 0.3) is 0 Å². The van der Waals surface area contributed by atoms with Crippen LogP contribution in [0.3, 0.4) is 0 Å². The first-order valence-corrected chi connectivity index (χ1v) is 11.2. The van der Waals surface area contributed by atoms with E-state index in [9.17, 15) is 0 Å². The Bertz CT molecular complexity index is 1220. The van der Waals surface area contributed by atoms with E-state index in [0.717, 1.165) is 33.0 Å². The molecular formula is C22H17N5OS2. The van der Waals surface area contributed by atoms with Crippen LogP contribution in [0.25, 0.3) is 16.5 Å². The number of para-hydroxylation sites is 2. The topological polar surface area (TPSA) is 68.8 Å². The molecule has 5 rings (SSSR count). The Labute approximate surface area is 181 Å². The third kappa shape index (κ3) is 4.00. The van der Waals surface area contributed by atoms with Crippen molar-refractivity contribution in [2.24, 2.45) is 0 Å². The Kier molecular flexibility index (Phi) is 5.32. The van der Waals surface area contributed by atoms with Crippen LogP contribution < -0.4 is 5.32 Å². The van der Waals surface area contributed by atoms with Crippen LogP contribution in [0.15, 0.2) is 94.0 Å². The van der Waals surface area contributed by atoms with Crippen molar-refractivity contribution in [2.45, 2.75) is 10.9 Å². The average Bonchev–Trinajstić information content (AvgIpc) is 3.54. The van der Waals surface area contributed by atoms with E-state index in [1.807, 2.05) is 77.4 Å². The molecule has 0 bridgehead atoms. The number of anilines is 2. The second-order valence-electron chi connectivity index (χ2n) is 6.38. The summed E-state index contributed by atoms with van der Waals surface area (Å²) in [4.78, 5) is 4.68. The number of rotatable bonds is 7. The Balaban J connectivity index is 1.40. The molecule has 0 spiro atoms. The molecule has 6 nitrogen and oxygen atoms in total. The minimum absolute atomic E-state index is 0.671. The Hall–Kier alpha value is -3.36. The predicted octanol–water partition coefficient (Wildman–Crippen LogP) is 6.02. The molecule has 3 heterocycles. The number of thiazole rings is 1. The molecule has 0 saturated heterocycles. The van der Waals surface area contributed by atoms with Gasteiger partial charge in [-0.15, -0.1) is 21.5 Å². The van der Waals surface area contributed by atoms with E-state index < -0.39 is 0 Å². The lowest BCUT2D eigenvalue weighted by Gasteiger charge is -2.11. The summed E-state index contributed by atoms with van der Waals surface area (Å²) in [6.45, 7) is 0. The smallest absolute Gasteiger partial charge is 0.234 e. The minimum atomic E-state index is 0.671. The summed E-state index contributed by atoms with van der Waals surface area (Å²) < 4.78 is 7.46. The van der Waals surface area contributed by atoms with Crippen molar-refractivity contribution in [1.82, 2.24) is 19.7 Å². The van der Waals surface area contributed by atoms with E-state index in [1.165, 1.54) is 0 Å². The van der Waals surface area contributed by atoms with Crippen molar-refractivity contribution in [1.29, 1.82) is 0 Å². The zero-order valence-electron chi connectivity index (χ0n) is 15.8. The van der Waals surface area contributed by atoms with E-state index in [-0.39, 0.29) is 0 Å². The van der Waals surface area contributed by atoms with Gasteiger partial charge in [-0.25, -0.2) is 4.98 Å². The Morgan fingerprint density at radius 2 is 1.73 bits per heavy atom. The van der Waals surface area contributed by atoms with E-state index in [2.05, 4.69) is 25.9 Å². The van der Waals surface area contributed by atoms with Crippen molar-refractivity contribution >= 4 is 34.7 Å². The van der Waals surface area contributed by atoms with Crippen LogP contribution in [0.4, 0.5) is 11.6 Å². The molecule has 30 heavy (non-hydrogen) atoms. The van der Waals surface area contributed by atoms with E-state index in [1.54, 1.807) is 29.4 Å². The van der Waals surface area contributed by atoms with Crippen LogP contribution in [0.1, 0.15) is 5.69 Å². The molecule has 0 saturated carbocycles. The maximum absolute atomic E-state index is 5.44. The van der Waals surface area contributed by atoms with Crippen LogP contribution in [0.5, 0.6) is 0 Å². The normalized spacial score (nSPS) is 10.9. The highest BCUT2D eigenvalue weighted by atomic mass is 32.2. The molecule has 0 aliphatic carbocycles. The lowest BCUT2D eigenvalue weighted by atomic mass is 10.3. The fraction of sp³-hybridized carbons (Fsp3) is 0.0455. The van der Waals surface area contributed by atoms with Crippen LogP contribution >= 0.6 is 23.1 Å². The van der Waals surface area contributed by atoms with Gasteiger partial charge in [-0.1, -0.05) is 48.2 Å². The molecule has 148 valence electrons. The maximum Gasteiger partial charge on any atom is 0.234 e. The summed E-state index contributed by atoms with van der Waals surface area (Å²) in [5.74, 6) is 2.15. The molecule has 0 aliphatic rings. The van der Waals surface area contributed by atoms with Crippen molar-refractivity contribution in [2.75, 3.05) is 5.32 Å². The van der Waals surface area contributed by atoms with E-state index >= 15 is 0 Å². The van der Waals surface area contributed by atoms with Gasteiger partial charge in [0.15, 0.2) is 15.9 Å². The number of benzene rings is 2. The van der Waals surface area contributed by atoms with Gasteiger partial charge in [0.05, 0.1) is 17.6 Å². The third-order valence-corrected chi connectivity index (χ3v) is 6.18. The molecule has 3 aromatic heterocycles. The summed E-state index contributed by atoms with van der Waals surface area (Å²) in [6, 6.07) is 23.8. The second kappa shape index (κ2) is 8.56. The van der Waals surface area contributed by atoms with Crippen LogP contribution in [0.2, 0.25) is 0 Å².